The number of hydrogen-bond acceptors (Lipinski definition) is 4. The van der Waals surface area contributed by atoms with Gasteiger partial charge in [-0.05, 0) is 47.4 Å². The molecule has 1 atom stereocenters. The van der Waals surface area contributed by atoms with E-state index in [-0.39, 0.29) is 5.82 Å². The van der Waals surface area contributed by atoms with Crippen LogP contribution in [0, 0.1) is 11.7 Å². The average Bonchev–Trinajstić information content (AvgIpc) is 2.64. The molecule has 6 heteroatoms. The van der Waals surface area contributed by atoms with E-state index < -0.39 is 0 Å². The molecular weight excluding hydrogens is 323 g/mol. The van der Waals surface area contributed by atoms with Gasteiger partial charge in [-0.2, -0.15) is 0 Å². The molecule has 1 aliphatic rings. The van der Waals surface area contributed by atoms with Crippen molar-refractivity contribution in [1.29, 1.82) is 0 Å². The van der Waals surface area contributed by atoms with Crippen LogP contribution < -0.4 is 10.6 Å². The molecule has 2 rings (SSSR count). The van der Waals surface area contributed by atoms with Gasteiger partial charge in [0.1, 0.15) is 0 Å². The van der Waals surface area contributed by atoms with Crippen LogP contribution in [0.4, 0.5) is 10.2 Å². The highest BCUT2D eigenvalue weighted by molar-refractivity contribution is 9.10. The van der Waals surface area contributed by atoms with E-state index in [1.165, 1.54) is 6.07 Å². The highest BCUT2D eigenvalue weighted by Gasteiger charge is 2.19. The molecule has 2 N–H and O–H groups in total. The number of nitrogens with zero attached hydrogens (tertiary/aromatic N) is 3. The fourth-order valence-corrected chi connectivity index (χ4v) is 2.82. The average molecular weight is 345 g/mol. The lowest BCUT2D eigenvalue weighted by Crippen LogP contribution is -2.35. The predicted octanol–water partition coefficient (Wildman–Crippen LogP) is 2.09. The third kappa shape index (κ3) is 4.14. The molecule has 0 aromatic carbocycles. The Balaban J connectivity index is 1.98. The summed E-state index contributed by atoms with van der Waals surface area (Å²) in [4.78, 5) is 8.66. The topological polar surface area (TPSA) is 45.4 Å². The van der Waals surface area contributed by atoms with Crippen LogP contribution in [0.25, 0.3) is 0 Å². The maximum absolute atomic E-state index is 14.0. The van der Waals surface area contributed by atoms with E-state index in [4.69, 9.17) is 5.73 Å². The van der Waals surface area contributed by atoms with Gasteiger partial charge in [-0.3, -0.25) is 0 Å². The number of aromatic nitrogens is 1. The smallest absolute Gasteiger partial charge is 0.166 e. The monoisotopic (exact) mass is 344 g/mol. The Hall–Kier alpha value is -0.720. The van der Waals surface area contributed by atoms with Gasteiger partial charge in [0, 0.05) is 36.8 Å². The minimum Gasteiger partial charge on any atom is -0.353 e. The number of rotatable bonds is 4. The summed E-state index contributed by atoms with van der Waals surface area (Å²) in [6.45, 7) is 7.52. The second-order valence-electron chi connectivity index (χ2n) is 5.44. The molecular formula is C14H22BrFN4. The maximum atomic E-state index is 14.0. The van der Waals surface area contributed by atoms with Crippen molar-refractivity contribution in [3.05, 3.63) is 22.6 Å². The third-order valence-electron chi connectivity index (χ3n) is 3.65. The van der Waals surface area contributed by atoms with Crippen molar-refractivity contribution in [1.82, 2.24) is 9.88 Å². The van der Waals surface area contributed by atoms with Crippen molar-refractivity contribution in [2.24, 2.45) is 11.7 Å². The zero-order chi connectivity index (χ0) is 14.5. The van der Waals surface area contributed by atoms with Crippen molar-refractivity contribution in [3.63, 3.8) is 0 Å². The van der Waals surface area contributed by atoms with Crippen LogP contribution in [0.5, 0.6) is 0 Å². The minimum absolute atomic E-state index is 0.261. The first-order chi connectivity index (χ1) is 9.60. The first-order valence-corrected chi connectivity index (χ1v) is 7.88. The highest BCUT2D eigenvalue weighted by atomic mass is 79.9. The van der Waals surface area contributed by atoms with Gasteiger partial charge in [0.05, 0.1) is 0 Å². The molecule has 1 aromatic heterocycles. The lowest BCUT2D eigenvalue weighted by molar-refractivity contribution is 0.255. The number of pyridine rings is 1. The molecule has 0 spiro atoms. The number of nitrogens with two attached hydrogens (primary N) is 1. The van der Waals surface area contributed by atoms with E-state index >= 15 is 0 Å². The molecule has 0 amide bonds. The molecule has 2 heterocycles. The van der Waals surface area contributed by atoms with Crippen molar-refractivity contribution in [2.45, 2.75) is 13.3 Å². The molecule has 1 aliphatic heterocycles. The first-order valence-electron chi connectivity index (χ1n) is 7.08. The summed E-state index contributed by atoms with van der Waals surface area (Å²) in [5.74, 6) is 0.703. The van der Waals surface area contributed by atoms with Crippen LogP contribution in [0.1, 0.15) is 13.3 Å². The van der Waals surface area contributed by atoms with Gasteiger partial charge in [0.2, 0.25) is 0 Å². The quantitative estimate of drug-likeness (QED) is 0.908. The Morgan fingerprint density at radius 2 is 2.20 bits per heavy atom. The van der Waals surface area contributed by atoms with Gasteiger partial charge in [0.15, 0.2) is 11.6 Å². The van der Waals surface area contributed by atoms with Gasteiger partial charge in [-0.15, -0.1) is 0 Å². The normalized spacial score (nSPS) is 18.9. The second-order valence-corrected chi connectivity index (χ2v) is 6.36. The van der Waals surface area contributed by atoms with E-state index in [9.17, 15) is 4.39 Å². The molecule has 20 heavy (non-hydrogen) atoms. The molecule has 0 radical (unpaired) electrons. The van der Waals surface area contributed by atoms with E-state index in [0.717, 1.165) is 39.1 Å². The van der Waals surface area contributed by atoms with Gasteiger partial charge in [-0.25, -0.2) is 9.37 Å². The number of hydrogen-bond donors (Lipinski definition) is 1. The van der Waals surface area contributed by atoms with Crippen LogP contribution in [0.3, 0.4) is 0 Å². The van der Waals surface area contributed by atoms with Crippen molar-refractivity contribution >= 4 is 21.7 Å². The Morgan fingerprint density at radius 3 is 2.90 bits per heavy atom. The van der Waals surface area contributed by atoms with E-state index in [1.54, 1.807) is 6.20 Å². The standard InChI is InChI=1S/C14H22BrFN4/c1-11(8-17)10-19-3-2-4-20(6-5-19)14-13(16)7-12(15)9-18-14/h7,9,11H,2-6,8,10,17H2,1H3. The van der Waals surface area contributed by atoms with Crippen LogP contribution in [0.2, 0.25) is 0 Å². The molecule has 112 valence electrons. The Kier molecular flexibility index (Phi) is 5.74. The lowest BCUT2D eigenvalue weighted by Gasteiger charge is -2.24. The largest absolute Gasteiger partial charge is 0.353 e. The van der Waals surface area contributed by atoms with Crippen molar-refractivity contribution in [2.75, 3.05) is 44.2 Å². The summed E-state index contributed by atoms with van der Waals surface area (Å²) in [5.41, 5.74) is 5.68. The van der Waals surface area contributed by atoms with Crippen molar-refractivity contribution < 1.29 is 4.39 Å². The zero-order valence-electron chi connectivity index (χ0n) is 11.9. The molecule has 1 aromatic rings. The van der Waals surface area contributed by atoms with Crippen LogP contribution in [0.15, 0.2) is 16.7 Å². The fraction of sp³-hybridized carbons (Fsp3) is 0.643. The lowest BCUT2D eigenvalue weighted by atomic mass is 10.1. The number of anilines is 1. The van der Waals surface area contributed by atoms with E-state index in [2.05, 4.69) is 32.7 Å². The SMILES string of the molecule is CC(CN)CN1CCCN(c2ncc(Br)cc2F)CC1. The van der Waals surface area contributed by atoms with Gasteiger partial charge < -0.3 is 15.5 Å². The van der Waals surface area contributed by atoms with Gasteiger partial charge in [-0.1, -0.05) is 6.92 Å². The molecule has 1 fully saturated rings. The first kappa shape index (κ1) is 15.7. The molecule has 4 nitrogen and oxygen atoms in total. The van der Waals surface area contributed by atoms with E-state index in [0.29, 0.717) is 22.8 Å². The fourth-order valence-electron chi connectivity index (χ4n) is 2.52. The third-order valence-corrected chi connectivity index (χ3v) is 4.08. The molecule has 1 saturated heterocycles. The molecule has 0 bridgehead atoms. The van der Waals surface area contributed by atoms with Gasteiger partial charge >= 0.3 is 0 Å². The Labute approximate surface area is 128 Å². The Bertz CT molecular complexity index is 443. The summed E-state index contributed by atoms with van der Waals surface area (Å²) in [5, 5.41) is 0. The van der Waals surface area contributed by atoms with Crippen LogP contribution >= 0.6 is 15.9 Å². The minimum atomic E-state index is -0.261. The van der Waals surface area contributed by atoms with E-state index in [1.807, 2.05) is 4.90 Å². The molecule has 0 saturated carbocycles. The summed E-state index contributed by atoms with van der Waals surface area (Å²) in [6, 6.07) is 1.47. The summed E-state index contributed by atoms with van der Waals surface area (Å²) in [6.07, 6.45) is 2.67. The maximum Gasteiger partial charge on any atom is 0.166 e. The van der Waals surface area contributed by atoms with Crippen LogP contribution in [-0.2, 0) is 0 Å². The highest BCUT2D eigenvalue weighted by Crippen LogP contribution is 2.21. The second kappa shape index (κ2) is 7.33. The summed E-state index contributed by atoms with van der Waals surface area (Å²) >= 11 is 3.24. The summed E-state index contributed by atoms with van der Waals surface area (Å²) in [7, 11) is 0. The summed E-state index contributed by atoms with van der Waals surface area (Å²) < 4.78 is 14.6. The van der Waals surface area contributed by atoms with Crippen molar-refractivity contribution in [3.8, 4) is 0 Å². The number of halogens is 2. The van der Waals surface area contributed by atoms with Gasteiger partial charge in [0.25, 0.3) is 0 Å². The molecule has 0 aliphatic carbocycles. The Morgan fingerprint density at radius 1 is 1.40 bits per heavy atom. The zero-order valence-corrected chi connectivity index (χ0v) is 13.4. The van der Waals surface area contributed by atoms with Crippen LogP contribution in [-0.4, -0.2) is 49.2 Å². The molecule has 1 unspecified atom stereocenters. The predicted molar refractivity (Wildman–Crippen MR) is 83.4 cm³/mol.